The smallest absolute Gasteiger partial charge is 0.335 e. The van der Waals surface area contributed by atoms with Crippen LogP contribution in [-0.2, 0) is 10.0 Å². The van der Waals surface area contributed by atoms with Gasteiger partial charge in [-0.1, -0.05) is 6.07 Å². The van der Waals surface area contributed by atoms with Crippen LogP contribution >= 0.6 is 0 Å². The van der Waals surface area contributed by atoms with Gasteiger partial charge in [0.15, 0.2) is 0 Å². The standard InChI is InChI=1S/C12H18N2O4S/c1-13(2)7-8-14(3)19(17,18)11-6-4-5-10(9-11)12(15)16/h4-6,9H,7-8H2,1-3H3,(H,15,16). The summed E-state index contributed by atoms with van der Waals surface area (Å²) in [5.74, 6) is -1.15. The lowest BCUT2D eigenvalue weighted by Gasteiger charge is -2.19. The van der Waals surface area contributed by atoms with Gasteiger partial charge in [-0.25, -0.2) is 13.2 Å². The first-order chi connectivity index (χ1) is 8.75. The number of hydrogen-bond donors (Lipinski definition) is 1. The minimum absolute atomic E-state index is 0.00587. The average Bonchev–Trinajstić information content (AvgIpc) is 2.35. The van der Waals surface area contributed by atoms with Crippen LogP contribution < -0.4 is 0 Å². The molecule has 1 aromatic carbocycles. The van der Waals surface area contributed by atoms with Gasteiger partial charge in [0.25, 0.3) is 0 Å². The number of rotatable bonds is 6. The maximum atomic E-state index is 12.2. The minimum Gasteiger partial charge on any atom is -0.478 e. The number of sulfonamides is 1. The number of carboxylic acid groups (broad SMARTS) is 1. The van der Waals surface area contributed by atoms with Gasteiger partial charge in [0.05, 0.1) is 10.5 Å². The van der Waals surface area contributed by atoms with E-state index in [9.17, 15) is 13.2 Å². The summed E-state index contributed by atoms with van der Waals surface area (Å²) in [5, 5.41) is 8.87. The molecular formula is C12H18N2O4S. The number of aromatic carboxylic acids is 1. The maximum absolute atomic E-state index is 12.2. The summed E-state index contributed by atoms with van der Waals surface area (Å²) < 4.78 is 25.7. The first-order valence-electron chi connectivity index (χ1n) is 5.69. The van der Waals surface area contributed by atoms with Crippen LogP contribution in [-0.4, -0.2) is 62.9 Å². The lowest BCUT2D eigenvalue weighted by atomic mass is 10.2. The molecule has 0 spiro atoms. The Morgan fingerprint density at radius 3 is 2.37 bits per heavy atom. The molecule has 0 saturated heterocycles. The summed E-state index contributed by atoms with van der Waals surface area (Å²) in [4.78, 5) is 12.7. The molecular weight excluding hydrogens is 268 g/mol. The van der Waals surface area contributed by atoms with E-state index in [0.29, 0.717) is 13.1 Å². The van der Waals surface area contributed by atoms with Crippen molar-refractivity contribution in [1.29, 1.82) is 0 Å². The fourth-order valence-corrected chi connectivity index (χ4v) is 2.64. The molecule has 1 rings (SSSR count). The van der Waals surface area contributed by atoms with Crippen LogP contribution in [0.3, 0.4) is 0 Å². The summed E-state index contributed by atoms with van der Waals surface area (Å²) in [6.45, 7) is 0.932. The third-order valence-corrected chi connectivity index (χ3v) is 4.50. The Hall–Kier alpha value is -1.44. The Bertz CT molecular complexity index is 555. The van der Waals surface area contributed by atoms with Gasteiger partial charge >= 0.3 is 5.97 Å². The van der Waals surface area contributed by atoms with Gasteiger partial charge in [0.2, 0.25) is 10.0 Å². The molecule has 0 amide bonds. The summed E-state index contributed by atoms with van der Waals surface area (Å²) in [7, 11) is 1.54. The molecule has 0 atom stereocenters. The number of carboxylic acids is 1. The van der Waals surface area contributed by atoms with E-state index in [-0.39, 0.29) is 10.5 Å². The van der Waals surface area contributed by atoms with E-state index >= 15 is 0 Å². The Morgan fingerprint density at radius 1 is 1.21 bits per heavy atom. The molecule has 0 aromatic heterocycles. The summed E-state index contributed by atoms with van der Waals surface area (Å²) in [6, 6.07) is 5.36. The maximum Gasteiger partial charge on any atom is 0.335 e. The van der Waals surface area contributed by atoms with Crippen molar-refractivity contribution < 1.29 is 18.3 Å². The van der Waals surface area contributed by atoms with Crippen LogP contribution in [0.5, 0.6) is 0 Å². The van der Waals surface area contributed by atoms with Crippen molar-refractivity contribution >= 4 is 16.0 Å². The fourth-order valence-electron chi connectivity index (χ4n) is 1.43. The lowest BCUT2D eigenvalue weighted by Crippen LogP contribution is -2.33. The van der Waals surface area contributed by atoms with Crippen molar-refractivity contribution in [2.24, 2.45) is 0 Å². The first-order valence-corrected chi connectivity index (χ1v) is 7.13. The molecule has 0 fully saturated rings. The zero-order valence-electron chi connectivity index (χ0n) is 11.2. The highest BCUT2D eigenvalue weighted by Crippen LogP contribution is 2.15. The summed E-state index contributed by atoms with van der Waals surface area (Å²) in [5.41, 5.74) is -0.0397. The van der Waals surface area contributed by atoms with Crippen molar-refractivity contribution in [2.75, 3.05) is 34.2 Å². The zero-order chi connectivity index (χ0) is 14.6. The predicted octanol–water partition coefficient (Wildman–Crippen LogP) is 0.567. The fraction of sp³-hybridized carbons (Fsp3) is 0.417. The molecule has 0 saturated carbocycles. The first kappa shape index (κ1) is 15.6. The molecule has 6 nitrogen and oxygen atoms in total. The van der Waals surface area contributed by atoms with Crippen molar-refractivity contribution in [3.8, 4) is 0 Å². The van der Waals surface area contributed by atoms with E-state index in [4.69, 9.17) is 5.11 Å². The number of carbonyl (C=O) groups is 1. The van der Waals surface area contributed by atoms with E-state index in [1.165, 1.54) is 35.6 Å². The minimum atomic E-state index is -3.65. The monoisotopic (exact) mass is 286 g/mol. The lowest BCUT2D eigenvalue weighted by molar-refractivity contribution is 0.0696. The topological polar surface area (TPSA) is 77.9 Å². The second-order valence-electron chi connectivity index (χ2n) is 4.46. The number of likely N-dealkylation sites (N-methyl/N-ethyl adjacent to an activating group) is 2. The number of nitrogens with zero attached hydrogens (tertiary/aromatic N) is 2. The molecule has 1 aromatic rings. The second kappa shape index (κ2) is 6.14. The van der Waals surface area contributed by atoms with Gasteiger partial charge in [0, 0.05) is 20.1 Å². The molecule has 0 radical (unpaired) electrons. The molecule has 0 aliphatic heterocycles. The molecule has 19 heavy (non-hydrogen) atoms. The molecule has 106 valence electrons. The van der Waals surface area contributed by atoms with Crippen LogP contribution in [0.1, 0.15) is 10.4 Å². The zero-order valence-corrected chi connectivity index (χ0v) is 12.0. The van der Waals surface area contributed by atoms with Crippen LogP contribution in [0.4, 0.5) is 0 Å². The highest BCUT2D eigenvalue weighted by molar-refractivity contribution is 7.89. The van der Waals surface area contributed by atoms with E-state index in [2.05, 4.69) is 0 Å². The second-order valence-corrected chi connectivity index (χ2v) is 6.51. The summed E-state index contributed by atoms with van der Waals surface area (Å²) >= 11 is 0. The van der Waals surface area contributed by atoms with Crippen molar-refractivity contribution in [3.63, 3.8) is 0 Å². The van der Waals surface area contributed by atoms with Crippen LogP contribution in [0, 0.1) is 0 Å². The van der Waals surface area contributed by atoms with Gasteiger partial charge in [-0.05, 0) is 32.3 Å². The van der Waals surface area contributed by atoms with Crippen LogP contribution in [0.2, 0.25) is 0 Å². The van der Waals surface area contributed by atoms with E-state index in [0.717, 1.165) is 0 Å². The third kappa shape index (κ3) is 4.02. The molecule has 7 heteroatoms. The highest BCUT2D eigenvalue weighted by Gasteiger charge is 2.21. The molecule has 0 unspecified atom stereocenters. The van der Waals surface area contributed by atoms with E-state index in [1.54, 1.807) is 0 Å². The summed E-state index contributed by atoms with van der Waals surface area (Å²) in [6.07, 6.45) is 0. The largest absolute Gasteiger partial charge is 0.478 e. The van der Waals surface area contributed by atoms with Crippen molar-refractivity contribution in [2.45, 2.75) is 4.90 Å². The molecule has 0 bridgehead atoms. The Morgan fingerprint density at radius 2 is 1.84 bits per heavy atom. The van der Waals surface area contributed by atoms with Gasteiger partial charge in [0.1, 0.15) is 0 Å². The van der Waals surface area contributed by atoms with Gasteiger partial charge in [-0.3, -0.25) is 0 Å². The molecule has 0 aliphatic carbocycles. The SMILES string of the molecule is CN(C)CCN(C)S(=O)(=O)c1cccc(C(=O)O)c1. The van der Waals surface area contributed by atoms with Crippen molar-refractivity contribution in [1.82, 2.24) is 9.21 Å². The van der Waals surface area contributed by atoms with E-state index < -0.39 is 16.0 Å². The average molecular weight is 286 g/mol. The van der Waals surface area contributed by atoms with E-state index in [1.807, 2.05) is 19.0 Å². The van der Waals surface area contributed by atoms with Crippen molar-refractivity contribution in [3.05, 3.63) is 29.8 Å². The normalized spacial score (nSPS) is 12.1. The Labute approximate surface area is 113 Å². The van der Waals surface area contributed by atoms with Gasteiger partial charge in [-0.15, -0.1) is 0 Å². The van der Waals surface area contributed by atoms with Crippen LogP contribution in [0.25, 0.3) is 0 Å². The predicted molar refractivity (Wildman–Crippen MR) is 71.8 cm³/mol. The Kier molecular flexibility index (Phi) is 5.04. The third-order valence-electron chi connectivity index (χ3n) is 2.65. The quantitative estimate of drug-likeness (QED) is 0.827. The molecule has 1 N–H and O–H groups in total. The highest BCUT2D eigenvalue weighted by atomic mass is 32.2. The Balaban J connectivity index is 2.99. The number of benzene rings is 1. The van der Waals surface area contributed by atoms with Gasteiger partial charge < -0.3 is 10.0 Å². The van der Waals surface area contributed by atoms with Gasteiger partial charge in [-0.2, -0.15) is 4.31 Å². The molecule has 0 heterocycles. The number of hydrogen-bond acceptors (Lipinski definition) is 4. The molecule has 0 aliphatic rings. The van der Waals surface area contributed by atoms with Crippen LogP contribution in [0.15, 0.2) is 29.2 Å².